The standard InChI is InChI=1S/C13H28N4O/c1-5-11(10-14)16-6-8-17(9-7-16)12(18)15-13(2,3)4/h11H,5-10,14H2,1-4H3,(H,15,18). The van der Waals surface area contributed by atoms with Crippen molar-refractivity contribution >= 4 is 6.03 Å². The van der Waals surface area contributed by atoms with Gasteiger partial charge in [0.05, 0.1) is 0 Å². The van der Waals surface area contributed by atoms with Gasteiger partial charge in [-0.25, -0.2) is 4.79 Å². The molecule has 106 valence electrons. The number of carbonyl (C=O) groups excluding carboxylic acids is 1. The molecular weight excluding hydrogens is 228 g/mol. The molecular formula is C13H28N4O. The molecule has 5 nitrogen and oxygen atoms in total. The lowest BCUT2D eigenvalue weighted by Crippen LogP contribution is -2.57. The van der Waals surface area contributed by atoms with E-state index in [0.29, 0.717) is 12.6 Å². The summed E-state index contributed by atoms with van der Waals surface area (Å²) in [6.07, 6.45) is 1.07. The lowest BCUT2D eigenvalue weighted by Gasteiger charge is -2.39. The first-order valence-corrected chi connectivity index (χ1v) is 6.88. The largest absolute Gasteiger partial charge is 0.333 e. The monoisotopic (exact) mass is 256 g/mol. The fourth-order valence-electron chi connectivity index (χ4n) is 2.26. The van der Waals surface area contributed by atoms with E-state index < -0.39 is 0 Å². The molecule has 1 unspecified atom stereocenters. The van der Waals surface area contributed by atoms with E-state index >= 15 is 0 Å². The molecule has 5 heteroatoms. The fraction of sp³-hybridized carbons (Fsp3) is 0.923. The Morgan fingerprint density at radius 3 is 2.22 bits per heavy atom. The van der Waals surface area contributed by atoms with E-state index in [0.717, 1.165) is 32.6 Å². The predicted octanol–water partition coefficient (Wildman–Crippen LogP) is 0.849. The molecule has 3 N–H and O–H groups in total. The van der Waals surface area contributed by atoms with Crippen LogP contribution < -0.4 is 11.1 Å². The van der Waals surface area contributed by atoms with E-state index in [1.807, 2.05) is 25.7 Å². The van der Waals surface area contributed by atoms with Gasteiger partial charge in [-0.05, 0) is 27.2 Å². The molecule has 0 aromatic carbocycles. The van der Waals surface area contributed by atoms with E-state index in [4.69, 9.17) is 5.73 Å². The number of nitrogens with two attached hydrogens (primary N) is 1. The molecule has 2 amide bonds. The summed E-state index contributed by atoms with van der Waals surface area (Å²) in [7, 11) is 0. The molecule has 18 heavy (non-hydrogen) atoms. The van der Waals surface area contributed by atoms with Crippen LogP contribution >= 0.6 is 0 Å². The molecule has 0 radical (unpaired) electrons. The quantitative estimate of drug-likeness (QED) is 0.787. The zero-order valence-electron chi connectivity index (χ0n) is 12.2. The van der Waals surface area contributed by atoms with Crippen LogP contribution in [0.25, 0.3) is 0 Å². The summed E-state index contributed by atoms with van der Waals surface area (Å²) in [6, 6.07) is 0.501. The van der Waals surface area contributed by atoms with Gasteiger partial charge >= 0.3 is 6.03 Å². The Hall–Kier alpha value is -0.810. The van der Waals surface area contributed by atoms with Crippen LogP contribution in [0.4, 0.5) is 4.79 Å². The third kappa shape index (κ3) is 4.46. The Labute approximate surface area is 111 Å². The zero-order chi connectivity index (χ0) is 13.8. The first kappa shape index (κ1) is 15.2. The molecule has 1 saturated heterocycles. The average Bonchev–Trinajstić information content (AvgIpc) is 2.29. The molecule has 0 spiro atoms. The van der Waals surface area contributed by atoms with Crippen LogP contribution in [0.15, 0.2) is 0 Å². The average molecular weight is 256 g/mol. The summed E-state index contributed by atoms with van der Waals surface area (Å²) < 4.78 is 0. The van der Waals surface area contributed by atoms with Crippen LogP contribution in [0.2, 0.25) is 0 Å². The SMILES string of the molecule is CCC(CN)N1CCN(C(=O)NC(C)(C)C)CC1. The molecule has 1 rings (SSSR count). The molecule has 1 fully saturated rings. The molecule has 0 aliphatic carbocycles. The minimum atomic E-state index is -0.169. The lowest BCUT2D eigenvalue weighted by atomic mass is 10.1. The van der Waals surface area contributed by atoms with E-state index in [1.165, 1.54) is 0 Å². The number of nitrogens with zero attached hydrogens (tertiary/aromatic N) is 2. The molecule has 1 aliphatic rings. The maximum Gasteiger partial charge on any atom is 0.317 e. The van der Waals surface area contributed by atoms with Crippen LogP contribution in [-0.4, -0.2) is 60.1 Å². The smallest absolute Gasteiger partial charge is 0.317 e. The zero-order valence-corrected chi connectivity index (χ0v) is 12.2. The molecule has 0 aromatic rings. The fourth-order valence-corrected chi connectivity index (χ4v) is 2.26. The normalized spacial score (nSPS) is 19.7. The van der Waals surface area contributed by atoms with Crippen LogP contribution in [0.1, 0.15) is 34.1 Å². The van der Waals surface area contributed by atoms with E-state index in [2.05, 4.69) is 17.1 Å². The highest BCUT2D eigenvalue weighted by molar-refractivity contribution is 5.75. The van der Waals surface area contributed by atoms with Gasteiger partial charge in [0.25, 0.3) is 0 Å². The third-order valence-corrected chi connectivity index (χ3v) is 3.34. The van der Waals surface area contributed by atoms with Gasteiger partial charge in [-0.1, -0.05) is 6.92 Å². The van der Waals surface area contributed by atoms with Crippen molar-refractivity contribution < 1.29 is 4.79 Å². The van der Waals surface area contributed by atoms with E-state index in [-0.39, 0.29) is 11.6 Å². The lowest BCUT2D eigenvalue weighted by molar-refractivity contribution is 0.106. The second-order valence-corrected chi connectivity index (χ2v) is 6.00. The molecule has 0 saturated carbocycles. The topological polar surface area (TPSA) is 61.6 Å². The first-order chi connectivity index (χ1) is 8.37. The summed E-state index contributed by atoms with van der Waals surface area (Å²) >= 11 is 0. The van der Waals surface area contributed by atoms with Crippen LogP contribution in [-0.2, 0) is 0 Å². The van der Waals surface area contributed by atoms with E-state index in [9.17, 15) is 4.79 Å². The molecule has 1 atom stereocenters. The molecule has 0 bridgehead atoms. The minimum absolute atomic E-state index is 0.0444. The Morgan fingerprint density at radius 2 is 1.83 bits per heavy atom. The Morgan fingerprint density at radius 1 is 1.28 bits per heavy atom. The van der Waals surface area contributed by atoms with Crippen molar-refractivity contribution in [3.63, 3.8) is 0 Å². The highest BCUT2D eigenvalue weighted by Gasteiger charge is 2.26. The number of carbonyl (C=O) groups is 1. The van der Waals surface area contributed by atoms with Gasteiger partial charge < -0.3 is 16.0 Å². The van der Waals surface area contributed by atoms with Gasteiger partial charge in [-0.2, -0.15) is 0 Å². The van der Waals surface area contributed by atoms with Gasteiger partial charge in [0.15, 0.2) is 0 Å². The predicted molar refractivity (Wildman–Crippen MR) is 74.6 cm³/mol. The van der Waals surface area contributed by atoms with Crippen molar-refractivity contribution in [1.29, 1.82) is 0 Å². The Balaban J connectivity index is 2.41. The van der Waals surface area contributed by atoms with Crippen molar-refractivity contribution in [2.24, 2.45) is 5.73 Å². The Bertz CT molecular complexity index is 263. The van der Waals surface area contributed by atoms with E-state index in [1.54, 1.807) is 0 Å². The third-order valence-electron chi connectivity index (χ3n) is 3.34. The van der Waals surface area contributed by atoms with Crippen LogP contribution in [0, 0.1) is 0 Å². The van der Waals surface area contributed by atoms with Crippen LogP contribution in [0.3, 0.4) is 0 Å². The van der Waals surface area contributed by atoms with Crippen molar-refractivity contribution in [3.05, 3.63) is 0 Å². The summed E-state index contributed by atoms with van der Waals surface area (Å²) in [6.45, 7) is 12.3. The van der Waals surface area contributed by atoms with Gasteiger partial charge in [-0.3, -0.25) is 4.90 Å². The molecule has 0 aromatic heterocycles. The second-order valence-electron chi connectivity index (χ2n) is 6.00. The highest BCUT2D eigenvalue weighted by atomic mass is 16.2. The number of hydrogen-bond acceptors (Lipinski definition) is 3. The maximum atomic E-state index is 12.0. The number of nitrogens with one attached hydrogen (secondary N) is 1. The summed E-state index contributed by atoms with van der Waals surface area (Å²) in [4.78, 5) is 16.3. The van der Waals surface area contributed by atoms with Gasteiger partial charge in [0.1, 0.15) is 0 Å². The number of urea groups is 1. The second kappa shape index (κ2) is 6.38. The summed E-state index contributed by atoms with van der Waals surface area (Å²) in [5, 5.41) is 3.00. The first-order valence-electron chi connectivity index (χ1n) is 6.88. The number of hydrogen-bond donors (Lipinski definition) is 2. The maximum absolute atomic E-state index is 12.0. The summed E-state index contributed by atoms with van der Waals surface area (Å²) in [5.74, 6) is 0. The van der Waals surface area contributed by atoms with Crippen molar-refractivity contribution in [1.82, 2.24) is 15.1 Å². The highest BCUT2D eigenvalue weighted by Crippen LogP contribution is 2.09. The number of piperazine rings is 1. The van der Waals surface area contributed by atoms with Crippen molar-refractivity contribution in [3.8, 4) is 0 Å². The van der Waals surface area contributed by atoms with Gasteiger partial charge in [-0.15, -0.1) is 0 Å². The van der Waals surface area contributed by atoms with Gasteiger partial charge in [0.2, 0.25) is 0 Å². The number of rotatable bonds is 3. The number of amides is 2. The van der Waals surface area contributed by atoms with Crippen molar-refractivity contribution in [2.45, 2.75) is 45.7 Å². The molecule has 1 heterocycles. The van der Waals surface area contributed by atoms with Gasteiger partial charge in [0, 0.05) is 44.3 Å². The molecule has 1 aliphatic heterocycles. The van der Waals surface area contributed by atoms with Crippen molar-refractivity contribution in [2.75, 3.05) is 32.7 Å². The minimum Gasteiger partial charge on any atom is -0.333 e. The Kier molecular flexibility index (Phi) is 5.41. The van der Waals surface area contributed by atoms with Crippen LogP contribution in [0.5, 0.6) is 0 Å². The summed E-state index contributed by atoms with van der Waals surface area (Å²) in [5.41, 5.74) is 5.59.